The zero-order valence-corrected chi connectivity index (χ0v) is 10.7. The average molecular weight is 260 g/mol. The standard InChI is InChI=1S/C12H16N6O/c1-18-3-2-8(17-18)5-14-12(19)10-4-9-11(6-13-10)16-7-15-9/h2-3,7,10,13H,4-6H2,1H3,(H,14,19)(H,15,16). The van der Waals surface area contributed by atoms with Gasteiger partial charge in [0.2, 0.25) is 5.91 Å². The SMILES string of the molecule is Cn1ccc(CNC(=O)C2Cc3nc[nH]c3CN2)n1. The molecule has 1 amide bonds. The minimum atomic E-state index is -0.223. The van der Waals surface area contributed by atoms with Crippen molar-refractivity contribution in [3.05, 3.63) is 35.7 Å². The zero-order chi connectivity index (χ0) is 13.2. The smallest absolute Gasteiger partial charge is 0.237 e. The highest BCUT2D eigenvalue weighted by Crippen LogP contribution is 2.12. The van der Waals surface area contributed by atoms with Gasteiger partial charge in [0.1, 0.15) is 0 Å². The number of carbonyl (C=O) groups excluding carboxylic acids is 1. The van der Waals surface area contributed by atoms with Crippen molar-refractivity contribution in [1.29, 1.82) is 0 Å². The maximum absolute atomic E-state index is 12.1. The van der Waals surface area contributed by atoms with E-state index in [1.807, 2.05) is 19.3 Å². The molecule has 2 aromatic heterocycles. The molecule has 0 aromatic carbocycles. The predicted octanol–water partition coefficient (Wildman–Crippen LogP) is -0.526. The van der Waals surface area contributed by atoms with Crippen LogP contribution in [0, 0.1) is 0 Å². The molecule has 1 aliphatic heterocycles. The lowest BCUT2D eigenvalue weighted by atomic mass is 10.0. The van der Waals surface area contributed by atoms with Gasteiger partial charge in [0.25, 0.3) is 0 Å². The highest BCUT2D eigenvalue weighted by molar-refractivity contribution is 5.82. The first kappa shape index (κ1) is 11.9. The summed E-state index contributed by atoms with van der Waals surface area (Å²) in [6, 6.07) is 1.67. The van der Waals surface area contributed by atoms with Crippen molar-refractivity contribution in [3.63, 3.8) is 0 Å². The number of hydrogen-bond donors (Lipinski definition) is 3. The molecule has 100 valence electrons. The molecule has 19 heavy (non-hydrogen) atoms. The number of carbonyl (C=O) groups is 1. The van der Waals surface area contributed by atoms with Crippen molar-refractivity contribution in [2.24, 2.45) is 7.05 Å². The second kappa shape index (κ2) is 4.85. The molecule has 3 N–H and O–H groups in total. The summed E-state index contributed by atoms with van der Waals surface area (Å²) in [5.74, 6) is -0.0145. The molecule has 0 aliphatic carbocycles. The molecular formula is C12H16N6O. The lowest BCUT2D eigenvalue weighted by Gasteiger charge is -2.22. The number of fused-ring (bicyclic) bond motifs is 1. The van der Waals surface area contributed by atoms with Crippen molar-refractivity contribution in [3.8, 4) is 0 Å². The summed E-state index contributed by atoms with van der Waals surface area (Å²) in [6.45, 7) is 1.10. The van der Waals surface area contributed by atoms with Gasteiger partial charge in [0, 0.05) is 26.2 Å². The summed E-state index contributed by atoms with van der Waals surface area (Å²) in [6.07, 6.45) is 4.14. The van der Waals surface area contributed by atoms with Crippen molar-refractivity contribution in [1.82, 2.24) is 30.4 Å². The summed E-state index contributed by atoms with van der Waals surface area (Å²) < 4.78 is 1.72. The average Bonchev–Trinajstić information content (AvgIpc) is 3.03. The molecule has 0 fully saturated rings. The second-order valence-corrected chi connectivity index (χ2v) is 4.66. The van der Waals surface area contributed by atoms with Gasteiger partial charge in [-0.2, -0.15) is 5.10 Å². The molecule has 1 unspecified atom stereocenters. The normalized spacial score (nSPS) is 18.1. The fraction of sp³-hybridized carbons (Fsp3) is 0.417. The summed E-state index contributed by atoms with van der Waals surface area (Å²) in [5.41, 5.74) is 2.89. The first-order valence-electron chi connectivity index (χ1n) is 6.23. The molecule has 7 heteroatoms. The van der Waals surface area contributed by atoms with Gasteiger partial charge in [0.05, 0.1) is 36.0 Å². The van der Waals surface area contributed by atoms with Crippen LogP contribution in [-0.4, -0.2) is 31.7 Å². The Morgan fingerprint density at radius 2 is 2.53 bits per heavy atom. The third kappa shape index (κ3) is 2.50. The van der Waals surface area contributed by atoms with E-state index in [0.29, 0.717) is 19.5 Å². The molecule has 1 aliphatic rings. The van der Waals surface area contributed by atoms with Crippen LogP contribution >= 0.6 is 0 Å². The first-order chi connectivity index (χ1) is 9.22. The number of aryl methyl sites for hydroxylation is 1. The summed E-state index contributed by atoms with van der Waals surface area (Å²) in [5, 5.41) is 10.3. The van der Waals surface area contributed by atoms with E-state index >= 15 is 0 Å². The Bertz CT molecular complexity index is 587. The molecule has 0 saturated carbocycles. The van der Waals surface area contributed by atoms with Gasteiger partial charge >= 0.3 is 0 Å². The third-order valence-electron chi connectivity index (χ3n) is 3.26. The van der Waals surface area contributed by atoms with Gasteiger partial charge in [-0.15, -0.1) is 0 Å². The van der Waals surface area contributed by atoms with Crippen LogP contribution < -0.4 is 10.6 Å². The first-order valence-corrected chi connectivity index (χ1v) is 6.23. The minimum Gasteiger partial charge on any atom is -0.349 e. The van der Waals surface area contributed by atoms with E-state index in [1.54, 1.807) is 11.0 Å². The Labute approximate surface area is 110 Å². The van der Waals surface area contributed by atoms with Gasteiger partial charge in [-0.3, -0.25) is 14.8 Å². The molecular weight excluding hydrogens is 244 g/mol. The van der Waals surface area contributed by atoms with E-state index in [-0.39, 0.29) is 11.9 Å². The maximum Gasteiger partial charge on any atom is 0.237 e. The lowest BCUT2D eigenvalue weighted by molar-refractivity contribution is -0.123. The quantitative estimate of drug-likeness (QED) is 0.692. The summed E-state index contributed by atoms with van der Waals surface area (Å²) in [7, 11) is 1.85. The predicted molar refractivity (Wildman–Crippen MR) is 68.0 cm³/mol. The van der Waals surface area contributed by atoms with Crippen LogP contribution in [0.15, 0.2) is 18.6 Å². The fourth-order valence-electron chi connectivity index (χ4n) is 2.21. The van der Waals surface area contributed by atoms with E-state index in [1.165, 1.54) is 0 Å². The molecule has 0 spiro atoms. The molecule has 7 nitrogen and oxygen atoms in total. The Hall–Kier alpha value is -2.15. The molecule has 0 saturated heterocycles. The Kier molecular flexibility index (Phi) is 3.04. The third-order valence-corrected chi connectivity index (χ3v) is 3.26. The van der Waals surface area contributed by atoms with Crippen LogP contribution in [0.25, 0.3) is 0 Å². The van der Waals surface area contributed by atoms with E-state index in [0.717, 1.165) is 17.1 Å². The number of nitrogens with one attached hydrogen (secondary N) is 3. The zero-order valence-electron chi connectivity index (χ0n) is 10.7. The highest BCUT2D eigenvalue weighted by atomic mass is 16.2. The Morgan fingerprint density at radius 3 is 3.32 bits per heavy atom. The van der Waals surface area contributed by atoms with Crippen LogP contribution in [0.2, 0.25) is 0 Å². The number of rotatable bonds is 3. The number of H-pyrrole nitrogens is 1. The van der Waals surface area contributed by atoms with Crippen molar-refractivity contribution in [2.45, 2.75) is 25.6 Å². The summed E-state index contributed by atoms with van der Waals surface area (Å²) in [4.78, 5) is 19.3. The number of aromatic nitrogens is 4. The largest absolute Gasteiger partial charge is 0.349 e. The van der Waals surface area contributed by atoms with Gasteiger partial charge in [-0.25, -0.2) is 4.98 Å². The molecule has 2 aromatic rings. The number of aromatic amines is 1. The fourth-order valence-corrected chi connectivity index (χ4v) is 2.21. The topological polar surface area (TPSA) is 87.6 Å². The Morgan fingerprint density at radius 1 is 1.63 bits per heavy atom. The number of imidazole rings is 1. The van der Waals surface area contributed by atoms with Gasteiger partial charge in [-0.05, 0) is 6.07 Å². The van der Waals surface area contributed by atoms with E-state index < -0.39 is 0 Å². The minimum absolute atomic E-state index is 0.0145. The molecule has 0 radical (unpaired) electrons. The molecule has 3 heterocycles. The van der Waals surface area contributed by atoms with Gasteiger partial charge in [0.15, 0.2) is 0 Å². The molecule has 3 rings (SSSR count). The number of nitrogens with zero attached hydrogens (tertiary/aromatic N) is 3. The van der Waals surface area contributed by atoms with Crippen LogP contribution in [0.3, 0.4) is 0 Å². The van der Waals surface area contributed by atoms with E-state index in [9.17, 15) is 4.79 Å². The Balaban J connectivity index is 1.57. The van der Waals surface area contributed by atoms with Crippen molar-refractivity contribution < 1.29 is 4.79 Å². The maximum atomic E-state index is 12.1. The van der Waals surface area contributed by atoms with E-state index in [2.05, 4.69) is 25.7 Å². The van der Waals surface area contributed by atoms with Crippen LogP contribution in [0.5, 0.6) is 0 Å². The van der Waals surface area contributed by atoms with E-state index in [4.69, 9.17) is 0 Å². The summed E-state index contributed by atoms with van der Waals surface area (Å²) >= 11 is 0. The van der Waals surface area contributed by atoms with Gasteiger partial charge in [-0.1, -0.05) is 0 Å². The molecule has 0 bridgehead atoms. The monoisotopic (exact) mass is 260 g/mol. The second-order valence-electron chi connectivity index (χ2n) is 4.66. The van der Waals surface area contributed by atoms with Gasteiger partial charge < -0.3 is 10.3 Å². The van der Waals surface area contributed by atoms with Crippen molar-refractivity contribution in [2.75, 3.05) is 0 Å². The number of hydrogen-bond acceptors (Lipinski definition) is 4. The highest BCUT2D eigenvalue weighted by Gasteiger charge is 2.25. The van der Waals surface area contributed by atoms with Crippen LogP contribution in [0.4, 0.5) is 0 Å². The number of amides is 1. The van der Waals surface area contributed by atoms with Crippen molar-refractivity contribution >= 4 is 5.91 Å². The van der Waals surface area contributed by atoms with Crippen LogP contribution in [-0.2, 0) is 31.4 Å². The molecule has 1 atom stereocenters. The lowest BCUT2D eigenvalue weighted by Crippen LogP contribution is -2.47. The van der Waals surface area contributed by atoms with Crippen LogP contribution in [0.1, 0.15) is 17.1 Å².